The molecule has 2 fully saturated rings. The smallest absolute Gasteiger partial charge is 0.240 e. The van der Waals surface area contributed by atoms with Crippen molar-refractivity contribution in [3.63, 3.8) is 0 Å². The molecule has 2 aliphatic rings. The summed E-state index contributed by atoms with van der Waals surface area (Å²) in [5, 5.41) is 2.95. The Morgan fingerprint density at radius 1 is 1.33 bits per heavy atom. The van der Waals surface area contributed by atoms with Gasteiger partial charge in [0.1, 0.15) is 0 Å². The molecule has 0 spiro atoms. The second-order valence-electron chi connectivity index (χ2n) is 6.13. The average molecular weight is 321 g/mol. The number of ether oxygens (including phenoxy) is 2. The Morgan fingerprint density at radius 2 is 2.10 bits per heavy atom. The number of carbonyl (C=O) groups is 1. The second kappa shape index (κ2) is 9.62. The monoisotopic (exact) mass is 320 g/mol. The summed E-state index contributed by atoms with van der Waals surface area (Å²) < 4.78 is 10.9. The van der Waals surface area contributed by atoms with E-state index < -0.39 is 5.54 Å². The van der Waals surface area contributed by atoms with Crippen LogP contribution in [0.15, 0.2) is 0 Å². The summed E-state index contributed by atoms with van der Waals surface area (Å²) >= 11 is 0. The largest absolute Gasteiger partial charge is 0.381 e. The van der Waals surface area contributed by atoms with E-state index in [9.17, 15) is 4.79 Å². The first kappa shape index (κ1) is 18.7. The first-order valence-electron chi connectivity index (χ1n) is 7.93. The van der Waals surface area contributed by atoms with Crippen molar-refractivity contribution in [3.8, 4) is 0 Å². The molecule has 1 unspecified atom stereocenters. The molecule has 124 valence electrons. The van der Waals surface area contributed by atoms with E-state index in [1.807, 2.05) is 0 Å². The highest BCUT2D eigenvalue weighted by Gasteiger charge is 2.34. The molecule has 21 heavy (non-hydrogen) atoms. The van der Waals surface area contributed by atoms with Gasteiger partial charge in [-0.05, 0) is 25.7 Å². The van der Waals surface area contributed by atoms with Crippen molar-refractivity contribution < 1.29 is 14.3 Å². The number of rotatable bonds is 7. The normalized spacial score (nSPS) is 24.3. The van der Waals surface area contributed by atoms with E-state index >= 15 is 0 Å². The summed E-state index contributed by atoms with van der Waals surface area (Å²) in [5.41, 5.74) is 5.54. The first-order chi connectivity index (χ1) is 9.71. The molecule has 1 aliphatic heterocycles. The third kappa shape index (κ3) is 6.10. The fourth-order valence-corrected chi connectivity index (χ4v) is 2.93. The van der Waals surface area contributed by atoms with Crippen LogP contribution in [0.2, 0.25) is 0 Å². The van der Waals surface area contributed by atoms with Crippen molar-refractivity contribution in [2.45, 2.75) is 50.5 Å². The number of hydrogen-bond acceptors (Lipinski definition) is 4. The van der Waals surface area contributed by atoms with Crippen molar-refractivity contribution in [1.82, 2.24) is 5.32 Å². The topological polar surface area (TPSA) is 73.6 Å². The molecular weight excluding hydrogens is 292 g/mol. The fraction of sp³-hybridized carbons (Fsp3) is 0.933. The van der Waals surface area contributed by atoms with Crippen LogP contribution in [0.25, 0.3) is 0 Å². The van der Waals surface area contributed by atoms with Crippen LogP contribution in [0.4, 0.5) is 0 Å². The van der Waals surface area contributed by atoms with Gasteiger partial charge < -0.3 is 20.5 Å². The van der Waals surface area contributed by atoms with Crippen LogP contribution in [0.5, 0.6) is 0 Å². The van der Waals surface area contributed by atoms with Crippen molar-refractivity contribution >= 4 is 18.3 Å². The second-order valence-corrected chi connectivity index (χ2v) is 6.13. The molecule has 2 rings (SSSR count). The van der Waals surface area contributed by atoms with Crippen molar-refractivity contribution in [2.75, 3.05) is 33.0 Å². The van der Waals surface area contributed by atoms with Gasteiger partial charge in [-0.1, -0.05) is 19.3 Å². The van der Waals surface area contributed by atoms with E-state index in [2.05, 4.69) is 5.32 Å². The zero-order chi connectivity index (χ0) is 14.3. The minimum absolute atomic E-state index is 0. The van der Waals surface area contributed by atoms with E-state index in [0.717, 1.165) is 58.3 Å². The average Bonchev–Trinajstić information content (AvgIpc) is 2.96. The quantitative estimate of drug-likeness (QED) is 0.699. The van der Waals surface area contributed by atoms with Gasteiger partial charge in [-0.25, -0.2) is 0 Å². The third-order valence-electron chi connectivity index (χ3n) is 4.33. The predicted octanol–water partition coefficient (Wildman–Crippen LogP) is 1.63. The van der Waals surface area contributed by atoms with E-state index in [4.69, 9.17) is 15.2 Å². The van der Waals surface area contributed by atoms with Crippen molar-refractivity contribution in [3.05, 3.63) is 0 Å². The maximum Gasteiger partial charge on any atom is 0.240 e. The summed E-state index contributed by atoms with van der Waals surface area (Å²) in [4.78, 5) is 12.1. The number of nitrogens with one attached hydrogen (secondary N) is 1. The Bertz CT molecular complexity index is 303. The standard InChI is InChI=1S/C15H28N2O3.ClH/c16-15(6-2-1-3-7-15)14(18)17-8-4-9-19-11-13-5-10-20-12-13;/h13H,1-12,16H2,(H,17,18);1H. The van der Waals surface area contributed by atoms with Crippen LogP contribution in [-0.2, 0) is 14.3 Å². The zero-order valence-electron chi connectivity index (χ0n) is 12.8. The Kier molecular flexibility index (Phi) is 8.56. The molecule has 1 heterocycles. The predicted molar refractivity (Wildman–Crippen MR) is 84.6 cm³/mol. The Labute approximate surface area is 133 Å². The SMILES string of the molecule is Cl.NC1(C(=O)NCCCOCC2CCOC2)CCCCC1. The lowest BCUT2D eigenvalue weighted by Gasteiger charge is -2.31. The molecule has 1 saturated heterocycles. The minimum Gasteiger partial charge on any atom is -0.381 e. The summed E-state index contributed by atoms with van der Waals surface area (Å²) in [6.45, 7) is 3.80. The molecule has 1 amide bonds. The van der Waals surface area contributed by atoms with Crippen LogP contribution in [0, 0.1) is 5.92 Å². The van der Waals surface area contributed by atoms with Gasteiger partial charge >= 0.3 is 0 Å². The van der Waals surface area contributed by atoms with Gasteiger partial charge in [0.15, 0.2) is 0 Å². The molecule has 3 N–H and O–H groups in total. The number of carbonyl (C=O) groups excluding carboxylic acids is 1. The minimum atomic E-state index is -0.625. The highest BCUT2D eigenvalue weighted by atomic mass is 35.5. The van der Waals surface area contributed by atoms with Crippen molar-refractivity contribution in [2.24, 2.45) is 11.7 Å². The molecule has 0 aromatic heterocycles. The van der Waals surface area contributed by atoms with Gasteiger partial charge in [0, 0.05) is 25.7 Å². The zero-order valence-corrected chi connectivity index (χ0v) is 13.6. The van der Waals surface area contributed by atoms with Crippen LogP contribution in [0.3, 0.4) is 0 Å². The highest BCUT2D eigenvalue weighted by Crippen LogP contribution is 2.25. The van der Waals surface area contributed by atoms with E-state index in [0.29, 0.717) is 19.1 Å². The van der Waals surface area contributed by atoms with Crippen LogP contribution in [-0.4, -0.2) is 44.4 Å². The Morgan fingerprint density at radius 3 is 2.76 bits per heavy atom. The molecule has 0 aromatic rings. The molecular formula is C15H29ClN2O3. The van der Waals surface area contributed by atoms with Crippen LogP contribution < -0.4 is 11.1 Å². The fourth-order valence-electron chi connectivity index (χ4n) is 2.93. The van der Waals surface area contributed by atoms with Gasteiger partial charge in [0.25, 0.3) is 0 Å². The number of amides is 1. The van der Waals surface area contributed by atoms with Gasteiger partial charge in [-0.2, -0.15) is 0 Å². The van der Waals surface area contributed by atoms with Gasteiger partial charge in [0.2, 0.25) is 5.91 Å². The molecule has 5 nitrogen and oxygen atoms in total. The number of hydrogen-bond donors (Lipinski definition) is 2. The summed E-state index contributed by atoms with van der Waals surface area (Å²) in [6.07, 6.45) is 6.91. The maximum atomic E-state index is 12.1. The molecule has 6 heteroatoms. The molecule has 0 aromatic carbocycles. The van der Waals surface area contributed by atoms with Crippen LogP contribution in [0.1, 0.15) is 44.9 Å². The molecule has 0 radical (unpaired) electrons. The lowest BCUT2D eigenvalue weighted by molar-refractivity contribution is -0.127. The number of halogens is 1. The van der Waals surface area contributed by atoms with Crippen LogP contribution >= 0.6 is 12.4 Å². The highest BCUT2D eigenvalue weighted by molar-refractivity contribution is 5.86. The summed E-state index contributed by atoms with van der Waals surface area (Å²) in [6, 6.07) is 0. The Balaban J connectivity index is 0.00000220. The lowest BCUT2D eigenvalue weighted by Crippen LogP contribution is -2.55. The Hall–Kier alpha value is -0.360. The molecule has 1 atom stereocenters. The van der Waals surface area contributed by atoms with Crippen molar-refractivity contribution in [1.29, 1.82) is 0 Å². The van der Waals surface area contributed by atoms with Gasteiger partial charge in [-0.3, -0.25) is 4.79 Å². The van der Waals surface area contributed by atoms with E-state index in [1.54, 1.807) is 0 Å². The maximum absolute atomic E-state index is 12.1. The lowest BCUT2D eigenvalue weighted by atomic mass is 9.82. The molecule has 1 saturated carbocycles. The number of nitrogens with two attached hydrogens (primary N) is 1. The third-order valence-corrected chi connectivity index (χ3v) is 4.33. The molecule has 0 bridgehead atoms. The molecule has 1 aliphatic carbocycles. The first-order valence-corrected chi connectivity index (χ1v) is 7.93. The van der Waals surface area contributed by atoms with E-state index in [1.165, 1.54) is 6.42 Å². The summed E-state index contributed by atoms with van der Waals surface area (Å²) in [7, 11) is 0. The van der Waals surface area contributed by atoms with Gasteiger partial charge in [-0.15, -0.1) is 12.4 Å². The van der Waals surface area contributed by atoms with E-state index in [-0.39, 0.29) is 18.3 Å². The van der Waals surface area contributed by atoms with Gasteiger partial charge in [0.05, 0.1) is 18.8 Å². The summed E-state index contributed by atoms with van der Waals surface area (Å²) in [5.74, 6) is 0.570.